The van der Waals surface area contributed by atoms with E-state index in [0.717, 1.165) is 23.5 Å². The van der Waals surface area contributed by atoms with Crippen LogP contribution in [-0.2, 0) is 4.79 Å². The highest BCUT2D eigenvalue weighted by atomic mass is 16.2. The van der Waals surface area contributed by atoms with Crippen molar-refractivity contribution in [1.29, 1.82) is 0 Å². The molecule has 0 saturated heterocycles. The second-order valence-electron chi connectivity index (χ2n) is 5.62. The SMILES string of the molecule is CCN(CC(=O)Nc1ccc(N)cc1C)C1CCCC1. The number of carbonyl (C=O) groups excluding carboxylic acids is 1. The van der Waals surface area contributed by atoms with E-state index < -0.39 is 0 Å². The third kappa shape index (κ3) is 3.73. The second kappa shape index (κ2) is 6.75. The van der Waals surface area contributed by atoms with Gasteiger partial charge in [-0.1, -0.05) is 19.8 Å². The fourth-order valence-electron chi connectivity index (χ4n) is 2.97. The van der Waals surface area contributed by atoms with Gasteiger partial charge in [-0.15, -0.1) is 0 Å². The minimum absolute atomic E-state index is 0.0617. The highest BCUT2D eigenvalue weighted by Crippen LogP contribution is 2.23. The van der Waals surface area contributed by atoms with E-state index in [2.05, 4.69) is 17.1 Å². The monoisotopic (exact) mass is 275 g/mol. The van der Waals surface area contributed by atoms with Crippen molar-refractivity contribution in [3.8, 4) is 0 Å². The normalized spacial score (nSPS) is 15.8. The highest BCUT2D eigenvalue weighted by Gasteiger charge is 2.23. The zero-order valence-electron chi connectivity index (χ0n) is 12.5. The van der Waals surface area contributed by atoms with E-state index in [4.69, 9.17) is 5.73 Å². The zero-order valence-corrected chi connectivity index (χ0v) is 12.5. The van der Waals surface area contributed by atoms with Gasteiger partial charge in [0.05, 0.1) is 6.54 Å². The van der Waals surface area contributed by atoms with Gasteiger partial charge < -0.3 is 11.1 Å². The van der Waals surface area contributed by atoms with E-state index in [1.165, 1.54) is 25.7 Å². The summed E-state index contributed by atoms with van der Waals surface area (Å²) in [5.41, 5.74) is 8.30. The Morgan fingerprint density at radius 1 is 1.40 bits per heavy atom. The maximum atomic E-state index is 12.2. The van der Waals surface area contributed by atoms with Crippen LogP contribution in [0.15, 0.2) is 18.2 Å². The first kappa shape index (κ1) is 14.9. The summed E-state index contributed by atoms with van der Waals surface area (Å²) in [5.74, 6) is 0.0617. The van der Waals surface area contributed by atoms with Crippen LogP contribution in [0, 0.1) is 6.92 Å². The van der Waals surface area contributed by atoms with E-state index in [-0.39, 0.29) is 5.91 Å². The summed E-state index contributed by atoms with van der Waals surface area (Å²) in [6.45, 7) is 5.49. The maximum Gasteiger partial charge on any atom is 0.238 e. The number of nitrogens with zero attached hydrogens (tertiary/aromatic N) is 1. The number of hydrogen-bond donors (Lipinski definition) is 2. The number of nitrogen functional groups attached to an aromatic ring is 1. The molecule has 1 aliphatic carbocycles. The van der Waals surface area contributed by atoms with Crippen molar-refractivity contribution in [2.24, 2.45) is 0 Å². The number of carbonyl (C=O) groups is 1. The largest absolute Gasteiger partial charge is 0.399 e. The Hall–Kier alpha value is -1.55. The molecule has 0 atom stereocenters. The first-order valence-electron chi connectivity index (χ1n) is 7.50. The topological polar surface area (TPSA) is 58.4 Å². The van der Waals surface area contributed by atoms with Crippen molar-refractivity contribution in [1.82, 2.24) is 4.90 Å². The summed E-state index contributed by atoms with van der Waals surface area (Å²) in [6.07, 6.45) is 5.03. The zero-order chi connectivity index (χ0) is 14.5. The minimum Gasteiger partial charge on any atom is -0.399 e. The Bertz CT molecular complexity index is 467. The van der Waals surface area contributed by atoms with Gasteiger partial charge in [0, 0.05) is 17.4 Å². The number of benzene rings is 1. The maximum absolute atomic E-state index is 12.2. The van der Waals surface area contributed by atoms with Gasteiger partial charge in [-0.05, 0) is 50.1 Å². The number of amides is 1. The smallest absolute Gasteiger partial charge is 0.238 e. The Kier molecular flexibility index (Phi) is 5.01. The van der Waals surface area contributed by atoms with Crippen LogP contribution < -0.4 is 11.1 Å². The number of nitrogens with two attached hydrogens (primary N) is 1. The van der Waals surface area contributed by atoms with Gasteiger partial charge in [-0.25, -0.2) is 0 Å². The molecule has 1 aliphatic rings. The molecule has 1 fully saturated rings. The lowest BCUT2D eigenvalue weighted by molar-refractivity contribution is -0.117. The lowest BCUT2D eigenvalue weighted by Gasteiger charge is -2.26. The Morgan fingerprint density at radius 2 is 2.10 bits per heavy atom. The first-order chi connectivity index (χ1) is 9.60. The molecule has 110 valence electrons. The van der Waals surface area contributed by atoms with Gasteiger partial charge in [0.25, 0.3) is 0 Å². The van der Waals surface area contributed by atoms with E-state index in [1.807, 2.05) is 25.1 Å². The molecule has 0 radical (unpaired) electrons. The summed E-state index contributed by atoms with van der Waals surface area (Å²) in [7, 11) is 0. The number of rotatable bonds is 5. The Balaban J connectivity index is 1.93. The lowest BCUT2D eigenvalue weighted by Crippen LogP contribution is -2.39. The molecule has 3 N–H and O–H groups in total. The summed E-state index contributed by atoms with van der Waals surface area (Å²) in [5, 5.41) is 2.99. The van der Waals surface area contributed by atoms with Crippen LogP contribution in [0.4, 0.5) is 11.4 Å². The molecule has 1 aromatic rings. The highest BCUT2D eigenvalue weighted by molar-refractivity contribution is 5.93. The molecule has 0 spiro atoms. The number of nitrogens with one attached hydrogen (secondary N) is 1. The molecule has 1 saturated carbocycles. The average molecular weight is 275 g/mol. The quantitative estimate of drug-likeness (QED) is 0.812. The van der Waals surface area contributed by atoms with Crippen molar-refractivity contribution in [2.75, 3.05) is 24.1 Å². The van der Waals surface area contributed by atoms with E-state index in [1.54, 1.807) is 0 Å². The fourth-order valence-corrected chi connectivity index (χ4v) is 2.97. The van der Waals surface area contributed by atoms with Crippen molar-refractivity contribution in [3.05, 3.63) is 23.8 Å². The van der Waals surface area contributed by atoms with Crippen LogP contribution in [-0.4, -0.2) is 29.9 Å². The molecule has 0 heterocycles. The van der Waals surface area contributed by atoms with Gasteiger partial charge in [-0.2, -0.15) is 0 Å². The number of hydrogen-bond acceptors (Lipinski definition) is 3. The Labute approximate surface area is 121 Å². The molecular weight excluding hydrogens is 250 g/mol. The van der Waals surface area contributed by atoms with Crippen molar-refractivity contribution in [2.45, 2.75) is 45.6 Å². The molecule has 1 amide bonds. The standard InChI is InChI=1S/C16H25N3O/c1-3-19(14-6-4-5-7-14)11-16(20)18-15-9-8-13(17)10-12(15)2/h8-10,14H,3-7,11,17H2,1-2H3,(H,18,20). The molecule has 0 aliphatic heterocycles. The van der Waals surface area contributed by atoms with Crippen LogP contribution in [0.25, 0.3) is 0 Å². The summed E-state index contributed by atoms with van der Waals surface area (Å²) in [4.78, 5) is 14.5. The summed E-state index contributed by atoms with van der Waals surface area (Å²) in [6, 6.07) is 6.15. The Morgan fingerprint density at radius 3 is 2.70 bits per heavy atom. The van der Waals surface area contributed by atoms with E-state index in [0.29, 0.717) is 12.6 Å². The predicted octanol–water partition coefficient (Wildman–Crippen LogP) is 2.78. The molecule has 0 aromatic heterocycles. The van der Waals surface area contributed by atoms with Crippen LogP contribution >= 0.6 is 0 Å². The van der Waals surface area contributed by atoms with Gasteiger partial charge >= 0.3 is 0 Å². The van der Waals surface area contributed by atoms with Crippen molar-refractivity contribution in [3.63, 3.8) is 0 Å². The van der Waals surface area contributed by atoms with Crippen LogP contribution in [0.3, 0.4) is 0 Å². The van der Waals surface area contributed by atoms with Crippen LogP contribution in [0.1, 0.15) is 38.2 Å². The van der Waals surface area contributed by atoms with Gasteiger partial charge in [0.1, 0.15) is 0 Å². The predicted molar refractivity (Wildman–Crippen MR) is 83.7 cm³/mol. The van der Waals surface area contributed by atoms with Gasteiger partial charge in [0.2, 0.25) is 5.91 Å². The number of aryl methyl sites for hydroxylation is 1. The molecule has 1 aromatic carbocycles. The first-order valence-corrected chi connectivity index (χ1v) is 7.50. The molecular formula is C16H25N3O. The third-order valence-electron chi connectivity index (χ3n) is 4.12. The number of likely N-dealkylation sites (N-methyl/N-ethyl adjacent to an activating group) is 1. The number of anilines is 2. The van der Waals surface area contributed by atoms with Crippen molar-refractivity contribution < 1.29 is 4.79 Å². The second-order valence-corrected chi connectivity index (χ2v) is 5.62. The van der Waals surface area contributed by atoms with Crippen molar-refractivity contribution >= 4 is 17.3 Å². The summed E-state index contributed by atoms with van der Waals surface area (Å²) < 4.78 is 0. The third-order valence-corrected chi connectivity index (χ3v) is 4.12. The molecule has 4 nitrogen and oxygen atoms in total. The van der Waals surface area contributed by atoms with Gasteiger partial charge in [-0.3, -0.25) is 9.69 Å². The molecule has 2 rings (SSSR count). The van der Waals surface area contributed by atoms with E-state index >= 15 is 0 Å². The molecule has 0 bridgehead atoms. The van der Waals surface area contributed by atoms with E-state index in [9.17, 15) is 4.79 Å². The van der Waals surface area contributed by atoms with Gasteiger partial charge in [0.15, 0.2) is 0 Å². The molecule has 0 unspecified atom stereocenters. The fraction of sp³-hybridized carbons (Fsp3) is 0.562. The van der Waals surface area contributed by atoms with Crippen LogP contribution in [0.2, 0.25) is 0 Å². The molecule has 4 heteroatoms. The minimum atomic E-state index is 0.0617. The van der Waals surface area contributed by atoms with Crippen LogP contribution in [0.5, 0.6) is 0 Å². The average Bonchev–Trinajstić information content (AvgIpc) is 2.93. The summed E-state index contributed by atoms with van der Waals surface area (Å²) >= 11 is 0. The lowest BCUT2D eigenvalue weighted by atomic mass is 10.1. The molecule has 20 heavy (non-hydrogen) atoms.